The molecule has 7 rings (SSSR count). The Kier molecular flexibility index (Phi) is 7.30. The Morgan fingerprint density at radius 1 is 0.538 bits per heavy atom. The number of esters is 3. The maximum Gasteiger partial charge on any atom is 0.385 e. The Bertz CT molecular complexity index is 2530. The van der Waals surface area contributed by atoms with Gasteiger partial charge >= 0.3 is 29.8 Å². The number of ketones is 1. The monoisotopic (exact) mass is 706 g/mol. The van der Waals surface area contributed by atoms with Crippen LogP contribution in [-0.4, -0.2) is 71.4 Å². The van der Waals surface area contributed by atoms with Crippen LogP contribution in [0.25, 0.3) is 33.1 Å². The topological polar surface area (TPSA) is 272 Å². The highest BCUT2D eigenvalue weighted by Gasteiger charge is 2.41. The number of aromatic hydroxyl groups is 3. The molecule has 52 heavy (non-hydrogen) atoms. The van der Waals surface area contributed by atoms with Crippen LogP contribution >= 0.6 is 0 Å². The molecule has 0 fully saturated rings. The molecule has 0 saturated heterocycles. The lowest BCUT2D eigenvalue weighted by atomic mass is 9.87. The van der Waals surface area contributed by atoms with Crippen molar-refractivity contribution in [3.63, 3.8) is 0 Å². The van der Waals surface area contributed by atoms with E-state index in [2.05, 4.69) is 0 Å². The Morgan fingerprint density at radius 3 is 1.52 bits per heavy atom. The summed E-state index contributed by atoms with van der Waals surface area (Å²) in [6, 6.07) is 12.1. The molecule has 3 aliphatic heterocycles. The number of cyclic esters (lactones) is 2. The Hall–Kier alpha value is -7.88. The molecule has 0 spiro atoms. The number of benzene rings is 4. The third-order valence-electron chi connectivity index (χ3n) is 8.25. The highest BCUT2D eigenvalue weighted by Crippen LogP contribution is 2.48. The number of aliphatic hydroxyl groups excluding tert-OH is 2. The molecule has 16 heteroatoms. The minimum absolute atomic E-state index is 0.0890. The van der Waals surface area contributed by atoms with Crippen LogP contribution in [0.2, 0.25) is 0 Å². The number of aliphatic carboxylic acids is 2. The Balaban J connectivity index is 1.52. The first kappa shape index (κ1) is 32.7. The molecular formula is C36H18O16. The van der Waals surface area contributed by atoms with Crippen molar-refractivity contribution >= 4 is 68.7 Å². The summed E-state index contributed by atoms with van der Waals surface area (Å²) >= 11 is 0. The van der Waals surface area contributed by atoms with Crippen molar-refractivity contribution in [3.8, 4) is 23.0 Å². The number of carboxylic acids is 2. The molecule has 4 aromatic carbocycles. The van der Waals surface area contributed by atoms with Gasteiger partial charge in [0.15, 0.2) is 34.5 Å². The molecule has 0 bridgehead atoms. The number of rotatable bonds is 6. The molecule has 4 aromatic rings. The molecule has 0 atom stereocenters. The fraction of sp³-hybridized carbons (Fsp3) is 0. The first-order valence-electron chi connectivity index (χ1n) is 14.6. The molecule has 3 heterocycles. The number of ether oxygens (including phenoxy) is 3. The fourth-order valence-electron chi connectivity index (χ4n) is 5.98. The van der Waals surface area contributed by atoms with Crippen LogP contribution in [0.1, 0.15) is 32.6 Å². The van der Waals surface area contributed by atoms with Crippen molar-refractivity contribution in [1.29, 1.82) is 0 Å². The van der Waals surface area contributed by atoms with Gasteiger partial charge in [0.2, 0.25) is 0 Å². The highest BCUT2D eigenvalue weighted by molar-refractivity contribution is 6.46. The summed E-state index contributed by atoms with van der Waals surface area (Å²) in [6.45, 7) is 0. The highest BCUT2D eigenvalue weighted by atomic mass is 16.6. The summed E-state index contributed by atoms with van der Waals surface area (Å²) in [5.41, 5.74) is -4.33. The third kappa shape index (κ3) is 4.94. The molecule has 0 amide bonds. The zero-order chi connectivity index (χ0) is 37.3. The van der Waals surface area contributed by atoms with E-state index in [0.29, 0.717) is 0 Å². The molecule has 0 unspecified atom stereocenters. The van der Waals surface area contributed by atoms with Gasteiger partial charge in [-0.15, -0.1) is 0 Å². The number of carbonyl (C=O) groups is 6. The van der Waals surface area contributed by atoms with Crippen LogP contribution in [-0.2, 0) is 33.4 Å². The van der Waals surface area contributed by atoms with Crippen LogP contribution in [0.4, 0.5) is 0 Å². The molecule has 0 radical (unpaired) electrons. The second-order valence-corrected chi connectivity index (χ2v) is 11.3. The van der Waals surface area contributed by atoms with E-state index >= 15 is 0 Å². The van der Waals surface area contributed by atoms with Crippen molar-refractivity contribution in [3.05, 3.63) is 118 Å². The van der Waals surface area contributed by atoms with Gasteiger partial charge in [0.25, 0.3) is 5.78 Å². The fourth-order valence-corrected chi connectivity index (χ4v) is 5.98. The second-order valence-electron chi connectivity index (χ2n) is 11.3. The lowest BCUT2D eigenvalue weighted by Gasteiger charge is -2.20. The minimum Gasteiger partial charge on any atom is -0.508 e. The second kappa shape index (κ2) is 11.6. The Labute approximate surface area is 287 Å². The van der Waals surface area contributed by atoms with Gasteiger partial charge < -0.3 is 50.0 Å². The van der Waals surface area contributed by atoms with Crippen LogP contribution in [0.3, 0.4) is 0 Å². The van der Waals surface area contributed by atoms with Crippen molar-refractivity contribution in [2.24, 2.45) is 0 Å². The number of hydrogen-bond donors (Lipinski definition) is 7. The van der Waals surface area contributed by atoms with E-state index in [4.69, 9.17) is 14.2 Å². The number of phenolic OH excluding ortho intramolecular Hbond substituents is 3. The molecule has 3 aliphatic rings. The number of hydrogen-bond acceptors (Lipinski definition) is 14. The van der Waals surface area contributed by atoms with Crippen molar-refractivity contribution in [1.82, 2.24) is 0 Å². The van der Waals surface area contributed by atoms with E-state index in [1.807, 2.05) is 0 Å². The number of phenols is 3. The number of aliphatic hydroxyl groups is 2. The molecular weight excluding hydrogens is 688 g/mol. The van der Waals surface area contributed by atoms with Crippen molar-refractivity contribution in [2.75, 3.05) is 0 Å². The average Bonchev–Trinajstić information content (AvgIpc) is 3.54. The zero-order valence-corrected chi connectivity index (χ0v) is 25.7. The van der Waals surface area contributed by atoms with Gasteiger partial charge in [-0.1, -0.05) is 24.3 Å². The SMILES string of the molecule is O=C1Oc2c(O)cc(C3=C(O)/C(=C(\C(=O)O)c4ccc(O)cc4)OC3=O)c3cc(C4=C(O)/C(=C(\C(=O)O)c5ccc(O)cc5)OC4=O)cc(c23)C1=O. The van der Waals surface area contributed by atoms with Gasteiger partial charge in [0.05, 0.1) is 0 Å². The standard InChI is InChI=1S/C36H18O16/c37-15-5-1-12(2-6-15)22(32(43)44)30-27(41)21(34(47)51-30)14-9-17-18(11-20(39)29-24(17)19(10-14)26(40)36(49)50-29)25-28(42)31(52-35(25)48)23(33(45)46)13-3-7-16(38)8-4-13/h1-11,37-39,41-42H,(H,43,44)(H,45,46)/b30-22+,31-23+. The van der Waals surface area contributed by atoms with Gasteiger partial charge in [0, 0.05) is 16.5 Å². The lowest BCUT2D eigenvalue weighted by molar-refractivity contribution is -0.133. The van der Waals surface area contributed by atoms with Gasteiger partial charge in [-0.2, -0.15) is 0 Å². The van der Waals surface area contributed by atoms with Crippen molar-refractivity contribution < 1.29 is 78.7 Å². The summed E-state index contributed by atoms with van der Waals surface area (Å²) < 4.78 is 15.4. The quantitative estimate of drug-likeness (QED) is 0.0651. The summed E-state index contributed by atoms with van der Waals surface area (Å²) in [5, 5.41) is 72.2. The van der Waals surface area contributed by atoms with Gasteiger partial charge in [-0.25, -0.2) is 24.0 Å². The normalized spacial score (nSPS) is 17.3. The maximum absolute atomic E-state index is 13.4. The average molecular weight is 707 g/mol. The largest absolute Gasteiger partial charge is 0.508 e. The molecule has 16 nitrogen and oxygen atoms in total. The summed E-state index contributed by atoms with van der Waals surface area (Å²) in [6.07, 6.45) is 0. The van der Waals surface area contributed by atoms with Crippen LogP contribution in [0.5, 0.6) is 23.0 Å². The van der Waals surface area contributed by atoms with E-state index in [9.17, 15) is 64.5 Å². The van der Waals surface area contributed by atoms with Crippen LogP contribution in [0, 0.1) is 0 Å². The van der Waals surface area contributed by atoms with Crippen LogP contribution in [0.15, 0.2) is 89.8 Å². The molecule has 0 saturated carbocycles. The number of carboxylic acid groups (broad SMARTS) is 2. The number of carbonyl (C=O) groups excluding carboxylic acids is 4. The van der Waals surface area contributed by atoms with Gasteiger partial charge in [-0.05, 0) is 64.5 Å². The first-order valence-corrected chi connectivity index (χ1v) is 14.6. The zero-order valence-electron chi connectivity index (χ0n) is 25.7. The van der Waals surface area contributed by atoms with Crippen molar-refractivity contribution in [2.45, 2.75) is 0 Å². The summed E-state index contributed by atoms with van der Waals surface area (Å²) in [7, 11) is 0. The molecule has 7 N–H and O–H groups in total. The van der Waals surface area contributed by atoms with Gasteiger partial charge in [0.1, 0.15) is 33.8 Å². The van der Waals surface area contributed by atoms with E-state index in [1.165, 1.54) is 24.3 Å². The predicted molar refractivity (Wildman–Crippen MR) is 172 cm³/mol. The smallest absolute Gasteiger partial charge is 0.385 e. The predicted octanol–water partition coefficient (Wildman–Crippen LogP) is 3.70. The Morgan fingerprint density at radius 2 is 1.02 bits per heavy atom. The lowest BCUT2D eigenvalue weighted by Crippen LogP contribution is -2.25. The molecule has 0 aliphatic carbocycles. The minimum atomic E-state index is -1.65. The van der Waals surface area contributed by atoms with E-state index < -0.39 is 104 Å². The third-order valence-corrected chi connectivity index (χ3v) is 8.25. The first-order chi connectivity index (χ1) is 24.7. The molecule has 258 valence electrons. The van der Waals surface area contributed by atoms with E-state index in [0.717, 1.165) is 42.5 Å². The molecule has 0 aromatic heterocycles. The number of Topliss-reactive ketones (excluding diaryl/α,β-unsaturated/α-hetero) is 1. The van der Waals surface area contributed by atoms with E-state index in [1.54, 1.807) is 0 Å². The summed E-state index contributed by atoms with van der Waals surface area (Å²) in [4.78, 5) is 77.0. The maximum atomic E-state index is 13.4. The van der Waals surface area contributed by atoms with Crippen LogP contribution < -0.4 is 4.74 Å². The van der Waals surface area contributed by atoms with E-state index in [-0.39, 0.29) is 39.0 Å². The van der Waals surface area contributed by atoms with Gasteiger partial charge in [-0.3, -0.25) is 4.79 Å². The summed E-state index contributed by atoms with van der Waals surface area (Å²) in [5.74, 6) is -14.2.